The van der Waals surface area contributed by atoms with Crippen LogP contribution in [0.25, 0.3) is 0 Å². The molecule has 92 valence electrons. The Hall–Kier alpha value is -1.02. The van der Waals surface area contributed by atoms with E-state index in [0.29, 0.717) is 18.3 Å². The Bertz CT molecular complexity index is 366. The Balaban J connectivity index is 1.98. The maximum Gasteiger partial charge on any atom is 0.224 e. The molecular formula is C14H18ClNO. The maximum absolute atomic E-state index is 11.9. The topological polar surface area (TPSA) is 20.3 Å². The fraction of sp³-hybridized carbons (Fsp3) is 0.500. The van der Waals surface area contributed by atoms with Gasteiger partial charge in [-0.2, -0.15) is 0 Å². The molecule has 1 heterocycles. The van der Waals surface area contributed by atoms with Gasteiger partial charge in [-0.25, -0.2) is 0 Å². The van der Waals surface area contributed by atoms with Crippen LogP contribution in [0.2, 0.25) is 0 Å². The third kappa shape index (κ3) is 3.22. The zero-order valence-electron chi connectivity index (χ0n) is 9.94. The first-order valence-electron chi connectivity index (χ1n) is 6.20. The highest BCUT2D eigenvalue weighted by molar-refractivity contribution is 6.18. The summed E-state index contributed by atoms with van der Waals surface area (Å²) >= 11 is 5.64. The smallest absolute Gasteiger partial charge is 0.224 e. The fourth-order valence-corrected chi connectivity index (χ4v) is 2.65. The second kappa shape index (κ2) is 6.06. The van der Waals surface area contributed by atoms with E-state index in [1.807, 2.05) is 11.0 Å². The van der Waals surface area contributed by atoms with Gasteiger partial charge in [-0.1, -0.05) is 30.3 Å². The van der Waals surface area contributed by atoms with Gasteiger partial charge in [0.25, 0.3) is 0 Å². The van der Waals surface area contributed by atoms with Crippen LogP contribution in [0.5, 0.6) is 0 Å². The molecule has 2 nitrogen and oxygen atoms in total. The molecule has 1 aromatic carbocycles. The van der Waals surface area contributed by atoms with Gasteiger partial charge in [0.15, 0.2) is 0 Å². The second-order valence-corrected chi connectivity index (χ2v) is 4.89. The van der Waals surface area contributed by atoms with E-state index in [-0.39, 0.29) is 5.91 Å². The largest absolute Gasteiger partial charge is 0.339 e. The van der Waals surface area contributed by atoms with Gasteiger partial charge in [-0.05, 0) is 24.8 Å². The van der Waals surface area contributed by atoms with Crippen molar-refractivity contribution in [1.82, 2.24) is 4.90 Å². The number of nitrogens with zero attached hydrogens (tertiary/aromatic N) is 1. The lowest BCUT2D eigenvalue weighted by Gasteiger charge is -2.24. The van der Waals surface area contributed by atoms with Crippen molar-refractivity contribution in [3.05, 3.63) is 35.9 Å². The number of alkyl halides is 1. The number of benzene rings is 1. The maximum atomic E-state index is 11.9. The van der Waals surface area contributed by atoms with Crippen LogP contribution < -0.4 is 0 Å². The summed E-state index contributed by atoms with van der Waals surface area (Å²) in [5.41, 5.74) is 1.31. The summed E-state index contributed by atoms with van der Waals surface area (Å²) in [6, 6.07) is 10.7. The van der Waals surface area contributed by atoms with Gasteiger partial charge in [-0.15, -0.1) is 11.6 Å². The highest BCUT2D eigenvalue weighted by atomic mass is 35.5. The van der Waals surface area contributed by atoms with E-state index in [1.165, 1.54) is 5.56 Å². The molecule has 0 saturated carbocycles. The van der Waals surface area contributed by atoms with Gasteiger partial charge < -0.3 is 4.90 Å². The summed E-state index contributed by atoms with van der Waals surface area (Å²) < 4.78 is 0. The van der Waals surface area contributed by atoms with Crippen molar-refractivity contribution in [2.24, 2.45) is 0 Å². The molecule has 0 aromatic heterocycles. The first-order chi connectivity index (χ1) is 8.31. The minimum absolute atomic E-state index is 0.207. The number of carbonyl (C=O) groups excluding carboxylic acids is 1. The van der Waals surface area contributed by atoms with Crippen LogP contribution in [-0.4, -0.2) is 29.3 Å². The summed E-state index contributed by atoms with van der Waals surface area (Å²) in [6.07, 6.45) is 3.66. The highest BCUT2D eigenvalue weighted by Gasteiger charge is 2.27. The van der Waals surface area contributed by atoms with Gasteiger partial charge in [0.2, 0.25) is 5.91 Å². The summed E-state index contributed by atoms with van der Waals surface area (Å²) in [4.78, 5) is 13.9. The number of hydrogen-bond acceptors (Lipinski definition) is 1. The number of carbonyl (C=O) groups is 1. The Kier molecular flexibility index (Phi) is 4.43. The fourth-order valence-electron chi connectivity index (χ4n) is 2.49. The average molecular weight is 252 g/mol. The number of amides is 1. The molecule has 0 radical (unpaired) electrons. The molecule has 0 spiro atoms. The predicted molar refractivity (Wildman–Crippen MR) is 70.2 cm³/mol. The van der Waals surface area contributed by atoms with Crippen LogP contribution in [0.4, 0.5) is 0 Å². The molecule has 3 heteroatoms. The van der Waals surface area contributed by atoms with E-state index in [0.717, 1.165) is 25.8 Å². The van der Waals surface area contributed by atoms with Gasteiger partial charge in [0.05, 0.1) is 0 Å². The molecule has 1 aliphatic heterocycles. The quantitative estimate of drug-likeness (QED) is 0.754. The zero-order chi connectivity index (χ0) is 12.1. The number of rotatable bonds is 4. The molecule has 1 saturated heterocycles. The molecule has 0 aliphatic carbocycles. The van der Waals surface area contributed by atoms with Gasteiger partial charge in [-0.3, -0.25) is 4.79 Å². The lowest BCUT2D eigenvalue weighted by Crippen LogP contribution is -2.36. The molecule has 1 aromatic rings. The van der Waals surface area contributed by atoms with E-state index in [9.17, 15) is 4.79 Å². The summed E-state index contributed by atoms with van der Waals surface area (Å²) in [5, 5.41) is 0. The molecular weight excluding hydrogens is 234 g/mol. The lowest BCUT2D eigenvalue weighted by atomic mass is 10.0. The molecule has 17 heavy (non-hydrogen) atoms. The summed E-state index contributed by atoms with van der Waals surface area (Å²) in [7, 11) is 0. The van der Waals surface area contributed by atoms with Crippen molar-refractivity contribution in [3.8, 4) is 0 Å². The van der Waals surface area contributed by atoms with Crippen LogP contribution in [0.1, 0.15) is 24.8 Å². The second-order valence-electron chi connectivity index (χ2n) is 4.51. The van der Waals surface area contributed by atoms with E-state index in [4.69, 9.17) is 11.6 Å². The molecule has 1 aliphatic rings. The predicted octanol–water partition coefficient (Wildman–Crippen LogP) is 2.85. The zero-order valence-corrected chi connectivity index (χ0v) is 10.7. The Morgan fingerprint density at radius 3 is 2.82 bits per heavy atom. The minimum Gasteiger partial charge on any atom is -0.339 e. The summed E-state index contributed by atoms with van der Waals surface area (Å²) in [6.45, 7) is 0.896. The number of likely N-dealkylation sites (tertiary alicyclic amines) is 1. The van der Waals surface area contributed by atoms with Crippen molar-refractivity contribution < 1.29 is 4.79 Å². The monoisotopic (exact) mass is 251 g/mol. The van der Waals surface area contributed by atoms with Crippen LogP contribution >= 0.6 is 11.6 Å². The van der Waals surface area contributed by atoms with Crippen LogP contribution in [0, 0.1) is 0 Å². The molecule has 1 fully saturated rings. The third-order valence-corrected chi connectivity index (χ3v) is 3.51. The Morgan fingerprint density at radius 1 is 1.35 bits per heavy atom. The lowest BCUT2D eigenvalue weighted by molar-refractivity contribution is -0.131. The molecule has 1 amide bonds. The Labute approximate surface area is 108 Å². The standard InChI is InChI=1S/C14H18ClNO/c15-9-8-14(17)16-10-4-7-13(16)11-12-5-2-1-3-6-12/h1-3,5-6,13H,4,7-11H2. The minimum atomic E-state index is 0.207. The highest BCUT2D eigenvalue weighted by Crippen LogP contribution is 2.22. The van der Waals surface area contributed by atoms with Crippen LogP contribution in [0.3, 0.4) is 0 Å². The molecule has 0 N–H and O–H groups in total. The van der Waals surface area contributed by atoms with Crippen LogP contribution in [0.15, 0.2) is 30.3 Å². The normalized spacial score (nSPS) is 19.6. The van der Waals surface area contributed by atoms with Gasteiger partial charge in [0.1, 0.15) is 0 Å². The average Bonchev–Trinajstić information content (AvgIpc) is 2.79. The van der Waals surface area contributed by atoms with E-state index >= 15 is 0 Å². The van der Waals surface area contributed by atoms with E-state index in [2.05, 4.69) is 24.3 Å². The van der Waals surface area contributed by atoms with Crippen molar-refractivity contribution in [2.45, 2.75) is 31.7 Å². The van der Waals surface area contributed by atoms with Crippen molar-refractivity contribution in [1.29, 1.82) is 0 Å². The Morgan fingerprint density at radius 2 is 2.12 bits per heavy atom. The van der Waals surface area contributed by atoms with Crippen molar-refractivity contribution >= 4 is 17.5 Å². The van der Waals surface area contributed by atoms with Crippen molar-refractivity contribution in [3.63, 3.8) is 0 Å². The van der Waals surface area contributed by atoms with Gasteiger partial charge in [0, 0.05) is 24.9 Å². The van der Waals surface area contributed by atoms with Crippen LogP contribution in [-0.2, 0) is 11.2 Å². The summed E-state index contributed by atoms with van der Waals surface area (Å²) in [5.74, 6) is 0.631. The molecule has 0 bridgehead atoms. The molecule has 2 rings (SSSR count). The van der Waals surface area contributed by atoms with E-state index < -0.39 is 0 Å². The van der Waals surface area contributed by atoms with E-state index in [1.54, 1.807) is 0 Å². The third-order valence-electron chi connectivity index (χ3n) is 3.32. The number of hydrogen-bond donors (Lipinski definition) is 0. The van der Waals surface area contributed by atoms with Crippen molar-refractivity contribution in [2.75, 3.05) is 12.4 Å². The molecule has 1 unspecified atom stereocenters. The van der Waals surface area contributed by atoms with Gasteiger partial charge >= 0.3 is 0 Å². The SMILES string of the molecule is O=C(CCCl)N1CCCC1Cc1ccccc1. The first kappa shape index (κ1) is 12.4. The first-order valence-corrected chi connectivity index (χ1v) is 6.74. The molecule has 1 atom stereocenters. The number of halogens is 1.